The summed E-state index contributed by atoms with van der Waals surface area (Å²) in [5.74, 6) is 0.0861. The van der Waals surface area contributed by atoms with Gasteiger partial charge >= 0.3 is 12.1 Å². The first-order valence-electron chi connectivity index (χ1n) is 17.2. The zero-order valence-electron chi connectivity index (χ0n) is 27.4. The van der Waals surface area contributed by atoms with E-state index in [1.54, 1.807) is 4.90 Å². The number of para-hydroxylation sites is 1. The van der Waals surface area contributed by atoms with Crippen molar-refractivity contribution in [3.63, 3.8) is 0 Å². The summed E-state index contributed by atoms with van der Waals surface area (Å²) in [6, 6.07) is 12.2. The number of nitrogens with zero attached hydrogens (tertiary/aromatic N) is 4. The molecule has 10 heteroatoms. The topological polar surface area (TPSA) is 106 Å². The Bertz CT molecular complexity index is 1390. The summed E-state index contributed by atoms with van der Waals surface area (Å²) in [6.07, 6.45) is 7.25. The zero-order valence-corrected chi connectivity index (χ0v) is 27.4. The maximum absolute atomic E-state index is 14.0. The smallest absolute Gasteiger partial charge is 0.410 e. The molecule has 0 aromatic heterocycles. The maximum atomic E-state index is 14.0. The number of anilines is 1. The van der Waals surface area contributed by atoms with Gasteiger partial charge in [-0.3, -0.25) is 9.69 Å². The van der Waals surface area contributed by atoms with Crippen LogP contribution >= 0.6 is 0 Å². The van der Waals surface area contributed by atoms with Crippen molar-refractivity contribution in [3.05, 3.63) is 58.7 Å². The van der Waals surface area contributed by atoms with Crippen molar-refractivity contribution < 1.29 is 24.2 Å². The number of rotatable bonds is 6. The van der Waals surface area contributed by atoms with E-state index in [4.69, 9.17) is 4.74 Å². The third-order valence-corrected chi connectivity index (χ3v) is 10.5. The molecule has 2 N–H and O–H groups in total. The van der Waals surface area contributed by atoms with Crippen molar-refractivity contribution in [3.8, 4) is 5.75 Å². The molecule has 0 radical (unpaired) electrons. The van der Waals surface area contributed by atoms with Crippen LogP contribution in [0.3, 0.4) is 0 Å². The second-order valence-corrected chi connectivity index (χ2v) is 13.6. The standard InChI is InChI=1S/C36H49N5O5/c1-25-22-27(23-26(2)33(25)42)24-32(34(43)39-20-18-38(19-21-39)29-9-4-3-5-10-29)46-36(45)40-15-13-30(14-16-40)41-17-12-28-8-6-7-11-31(28)37-35(41)44/h6-8,11,22-23,29-30,32,42H,3-5,9-10,12-21,24H2,1-2H3,(H,37,44)/t32-/m1/s1. The van der Waals surface area contributed by atoms with Gasteiger partial charge < -0.3 is 29.9 Å². The predicted octanol–water partition coefficient (Wildman–Crippen LogP) is 5.09. The van der Waals surface area contributed by atoms with Crippen molar-refractivity contribution in [1.29, 1.82) is 0 Å². The molecule has 1 atom stereocenters. The second kappa shape index (κ2) is 14.3. The molecule has 1 saturated carbocycles. The Morgan fingerprint density at radius 3 is 2.24 bits per heavy atom. The lowest BCUT2D eigenvalue weighted by Gasteiger charge is -2.41. The van der Waals surface area contributed by atoms with Gasteiger partial charge in [0, 0.05) is 70.0 Å². The number of piperidine rings is 1. The molecule has 0 spiro atoms. The number of phenolic OH excluding ortho intramolecular Hbond substituents is 1. The van der Waals surface area contributed by atoms with E-state index in [2.05, 4.69) is 10.2 Å². The van der Waals surface area contributed by atoms with Crippen molar-refractivity contribution in [2.75, 3.05) is 51.1 Å². The molecule has 4 amide bonds. The predicted molar refractivity (Wildman–Crippen MR) is 177 cm³/mol. The highest BCUT2D eigenvalue weighted by atomic mass is 16.6. The number of carbonyl (C=O) groups excluding carboxylic acids is 3. The SMILES string of the molecule is Cc1cc(C[C@@H](OC(=O)N2CCC(N3CCc4ccccc4NC3=O)CC2)C(=O)N2CCN(C3CCCCC3)CC2)cc(C)c1O. The number of benzene rings is 2. The first-order valence-corrected chi connectivity index (χ1v) is 17.2. The van der Waals surface area contributed by atoms with Crippen molar-refractivity contribution in [2.45, 2.75) is 89.8 Å². The number of phenols is 1. The Labute approximate surface area is 272 Å². The lowest BCUT2D eigenvalue weighted by Crippen LogP contribution is -2.55. The number of amides is 4. The number of likely N-dealkylation sites (tertiary alicyclic amines) is 1. The molecular weight excluding hydrogens is 582 g/mol. The number of nitrogens with one attached hydrogen (secondary N) is 1. The third kappa shape index (κ3) is 7.27. The molecule has 4 aliphatic rings. The molecule has 3 fully saturated rings. The lowest BCUT2D eigenvalue weighted by atomic mass is 9.94. The molecule has 3 heterocycles. The van der Waals surface area contributed by atoms with E-state index in [1.165, 1.54) is 32.1 Å². The first-order chi connectivity index (χ1) is 22.3. The normalized spacial score (nSPS) is 20.9. The molecule has 248 valence electrons. The minimum absolute atomic E-state index is 0.0270. The number of aryl methyl sites for hydroxylation is 2. The van der Waals surface area contributed by atoms with Gasteiger partial charge in [-0.15, -0.1) is 0 Å². The first kappa shape index (κ1) is 32.2. The average molecular weight is 632 g/mol. The second-order valence-electron chi connectivity index (χ2n) is 13.6. The summed E-state index contributed by atoms with van der Waals surface area (Å²) in [5, 5.41) is 13.4. The number of hydrogen-bond donors (Lipinski definition) is 2. The molecule has 2 saturated heterocycles. The summed E-state index contributed by atoms with van der Waals surface area (Å²) >= 11 is 0. The van der Waals surface area contributed by atoms with Crippen molar-refractivity contribution in [2.24, 2.45) is 0 Å². The fraction of sp³-hybridized carbons (Fsp3) is 0.583. The number of fused-ring (bicyclic) bond motifs is 1. The number of ether oxygens (including phenoxy) is 1. The van der Waals surface area contributed by atoms with E-state index >= 15 is 0 Å². The van der Waals surface area contributed by atoms with Crippen LogP contribution in [0.5, 0.6) is 5.75 Å². The molecule has 2 aromatic rings. The number of hydrogen-bond acceptors (Lipinski definition) is 6. The maximum Gasteiger partial charge on any atom is 0.410 e. The van der Waals surface area contributed by atoms with Gasteiger partial charge in [-0.25, -0.2) is 9.59 Å². The Morgan fingerprint density at radius 1 is 0.870 bits per heavy atom. The highest BCUT2D eigenvalue weighted by Crippen LogP contribution is 2.28. The van der Waals surface area contributed by atoms with Gasteiger partial charge in [0.15, 0.2) is 6.10 Å². The van der Waals surface area contributed by atoms with Crippen LogP contribution in [-0.2, 0) is 22.4 Å². The van der Waals surface area contributed by atoms with Gasteiger partial charge in [-0.2, -0.15) is 0 Å². The molecule has 6 rings (SSSR count). The fourth-order valence-electron chi connectivity index (χ4n) is 7.81. The molecule has 1 aliphatic carbocycles. The monoisotopic (exact) mass is 631 g/mol. The fourth-order valence-corrected chi connectivity index (χ4v) is 7.81. The van der Waals surface area contributed by atoms with Crippen LogP contribution in [0, 0.1) is 13.8 Å². The lowest BCUT2D eigenvalue weighted by molar-refractivity contribution is -0.143. The van der Waals surface area contributed by atoms with Crippen LogP contribution in [0.15, 0.2) is 36.4 Å². The van der Waals surface area contributed by atoms with E-state index in [0.717, 1.165) is 47.5 Å². The van der Waals surface area contributed by atoms with Crippen LogP contribution in [0.2, 0.25) is 0 Å². The number of piperazine rings is 1. The molecule has 3 aliphatic heterocycles. The van der Waals surface area contributed by atoms with Crippen molar-refractivity contribution in [1.82, 2.24) is 19.6 Å². The Balaban J connectivity index is 1.09. The molecule has 2 aromatic carbocycles. The van der Waals surface area contributed by atoms with Gasteiger partial charge in [0.2, 0.25) is 0 Å². The van der Waals surface area contributed by atoms with Gasteiger partial charge in [0.05, 0.1) is 0 Å². The highest BCUT2D eigenvalue weighted by molar-refractivity contribution is 5.91. The highest BCUT2D eigenvalue weighted by Gasteiger charge is 2.36. The van der Waals surface area contributed by atoms with Crippen LogP contribution in [0.4, 0.5) is 15.3 Å². The van der Waals surface area contributed by atoms with E-state index < -0.39 is 12.2 Å². The molecular formula is C36H49N5O5. The molecule has 46 heavy (non-hydrogen) atoms. The van der Waals surface area contributed by atoms with E-state index in [9.17, 15) is 19.5 Å². The Kier molecular flexibility index (Phi) is 10.0. The summed E-state index contributed by atoms with van der Waals surface area (Å²) < 4.78 is 6.05. The van der Waals surface area contributed by atoms with Gasteiger partial charge in [-0.1, -0.05) is 49.6 Å². The van der Waals surface area contributed by atoms with Crippen LogP contribution < -0.4 is 5.32 Å². The van der Waals surface area contributed by atoms with Gasteiger partial charge in [0.25, 0.3) is 5.91 Å². The Morgan fingerprint density at radius 2 is 1.54 bits per heavy atom. The van der Waals surface area contributed by atoms with Crippen LogP contribution in [0.1, 0.15) is 67.2 Å². The molecule has 10 nitrogen and oxygen atoms in total. The van der Waals surface area contributed by atoms with Gasteiger partial charge in [0.1, 0.15) is 5.75 Å². The zero-order chi connectivity index (χ0) is 32.2. The van der Waals surface area contributed by atoms with E-state index in [1.807, 2.05) is 60.0 Å². The number of carbonyl (C=O) groups is 3. The minimum Gasteiger partial charge on any atom is -0.507 e. The largest absolute Gasteiger partial charge is 0.507 e. The Hall–Kier alpha value is -3.79. The van der Waals surface area contributed by atoms with Crippen LogP contribution in [-0.4, -0.2) is 107 Å². The van der Waals surface area contributed by atoms with E-state index in [0.29, 0.717) is 51.6 Å². The molecule has 0 bridgehead atoms. The van der Waals surface area contributed by atoms with Gasteiger partial charge in [-0.05, 0) is 74.3 Å². The third-order valence-electron chi connectivity index (χ3n) is 10.5. The summed E-state index contributed by atoms with van der Waals surface area (Å²) in [7, 11) is 0. The quantitative estimate of drug-likeness (QED) is 0.461. The number of urea groups is 1. The average Bonchev–Trinajstić information content (AvgIpc) is 3.25. The van der Waals surface area contributed by atoms with Crippen LogP contribution in [0.25, 0.3) is 0 Å². The summed E-state index contributed by atoms with van der Waals surface area (Å²) in [6.45, 7) is 8.17. The summed E-state index contributed by atoms with van der Waals surface area (Å²) in [4.78, 5) is 48.6. The summed E-state index contributed by atoms with van der Waals surface area (Å²) in [5.41, 5.74) is 4.31. The number of aromatic hydroxyl groups is 1. The van der Waals surface area contributed by atoms with E-state index in [-0.39, 0.29) is 30.2 Å². The molecule has 0 unspecified atom stereocenters. The minimum atomic E-state index is -0.954. The van der Waals surface area contributed by atoms with Crippen molar-refractivity contribution >= 4 is 23.7 Å².